The van der Waals surface area contributed by atoms with Gasteiger partial charge in [0, 0.05) is 6.04 Å². The van der Waals surface area contributed by atoms with Crippen molar-refractivity contribution in [3.63, 3.8) is 0 Å². The Morgan fingerprint density at radius 3 is 3.30 bits per heavy atom. The summed E-state index contributed by atoms with van der Waals surface area (Å²) in [4.78, 5) is 4.30. The van der Waals surface area contributed by atoms with Crippen LogP contribution in [0.3, 0.4) is 0 Å². The van der Waals surface area contributed by atoms with Crippen molar-refractivity contribution < 1.29 is 0 Å². The van der Waals surface area contributed by atoms with Crippen LogP contribution in [-0.2, 0) is 0 Å². The van der Waals surface area contributed by atoms with Crippen LogP contribution in [0.2, 0.25) is 0 Å². The van der Waals surface area contributed by atoms with E-state index in [1.807, 2.05) is 6.34 Å². The molecule has 3 N–H and O–H groups in total. The fourth-order valence-electron chi connectivity index (χ4n) is 1.78. The van der Waals surface area contributed by atoms with E-state index in [-0.39, 0.29) is 0 Å². The zero-order valence-electron chi connectivity index (χ0n) is 5.96. The molecule has 3 unspecified atom stereocenters. The van der Waals surface area contributed by atoms with Crippen LogP contribution < -0.4 is 11.1 Å². The highest BCUT2D eigenvalue weighted by Gasteiger charge is 2.30. The number of nitrogens with zero attached hydrogens (tertiary/aromatic N) is 1. The normalized spacial score (nSPS) is 44.7. The van der Waals surface area contributed by atoms with E-state index in [0.717, 1.165) is 19.3 Å². The first-order valence-corrected chi connectivity index (χ1v) is 3.89. The van der Waals surface area contributed by atoms with Crippen molar-refractivity contribution in [1.82, 2.24) is 5.32 Å². The quantitative estimate of drug-likeness (QED) is 0.491. The molecule has 1 aliphatic heterocycles. The zero-order chi connectivity index (χ0) is 6.97. The first-order chi connectivity index (χ1) is 4.86. The smallest absolute Gasteiger partial charge is 0.0831 e. The molecule has 3 heteroatoms. The molecule has 0 amide bonds. The van der Waals surface area contributed by atoms with Crippen LogP contribution in [0.15, 0.2) is 4.99 Å². The summed E-state index contributed by atoms with van der Waals surface area (Å²) in [5.74, 6) is 0. The average molecular weight is 139 g/mol. The summed E-state index contributed by atoms with van der Waals surface area (Å²) in [5, 5.41) is 3.22. The van der Waals surface area contributed by atoms with E-state index in [1.54, 1.807) is 0 Å². The lowest BCUT2D eigenvalue weighted by Gasteiger charge is -2.27. The number of nitrogens with one attached hydrogen (secondary N) is 1. The summed E-state index contributed by atoms with van der Waals surface area (Å²) < 4.78 is 0. The number of nitrogens with two attached hydrogens (primary N) is 1. The van der Waals surface area contributed by atoms with Crippen LogP contribution in [0, 0.1) is 0 Å². The molecule has 2 aliphatic rings. The highest BCUT2D eigenvalue weighted by molar-refractivity contribution is 5.58. The molecule has 2 rings (SSSR count). The lowest BCUT2D eigenvalue weighted by Crippen LogP contribution is -2.42. The van der Waals surface area contributed by atoms with Gasteiger partial charge in [-0.25, -0.2) is 0 Å². The lowest BCUT2D eigenvalue weighted by atomic mass is 9.88. The molecule has 3 atom stereocenters. The molecule has 0 radical (unpaired) electrons. The Bertz CT molecular complexity index is 155. The molecule has 3 nitrogen and oxygen atoms in total. The van der Waals surface area contributed by atoms with Gasteiger partial charge in [0.1, 0.15) is 0 Å². The highest BCUT2D eigenvalue weighted by Crippen LogP contribution is 2.22. The van der Waals surface area contributed by atoms with Crippen LogP contribution in [-0.4, -0.2) is 24.5 Å². The highest BCUT2D eigenvalue weighted by atomic mass is 15.1. The molecule has 0 aromatic rings. The van der Waals surface area contributed by atoms with Gasteiger partial charge in [-0.05, 0) is 19.3 Å². The molecule has 1 saturated carbocycles. The molecule has 1 aliphatic carbocycles. The van der Waals surface area contributed by atoms with E-state index in [0.29, 0.717) is 18.1 Å². The molecular weight excluding hydrogens is 126 g/mol. The summed E-state index contributed by atoms with van der Waals surface area (Å²) in [7, 11) is 0. The van der Waals surface area contributed by atoms with E-state index in [2.05, 4.69) is 10.3 Å². The van der Waals surface area contributed by atoms with Gasteiger partial charge in [0.05, 0.1) is 18.4 Å². The number of hydrogen-bond acceptors (Lipinski definition) is 3. The summed E-state index contributed by atoms with van der Waals surface area (Å²) >= 11 is 0. The van der Waals surface area contributed by atoms with Crippen molar-refractivity contribution in [2.24, 2.45) is 10.7 Å². The lowest BCUT2D eigenvalue weighted by molar-refractivity contribution is 0.347. The third-order valence-corrected chi connectivity index (χ3v) is 2.41. The second-order valence-electron chi connectivity index (χ2n) is 3.19. The largest absolute Gasteiger partial charge is 0.371 e. The maximum atomic E-state index is 5.80. The predicted molar refractivity (Wildman–Crippen MR) is 41.0 cm³/mol. The molecular formula is C7H13N3. The third kappa shape index (κ3) is 0.904. The Morgan fingerprint density at radius 1 is 1.50 bits per heavy atom. The Hall–Kier alpha value is -0.570. The molecule has 10 heavy (non-hydrogen) atoms. The SMILES string of the molecule is NC1CCC2N=CNC2C1. The Balaban J connectivity index is 2.01. The van der Waals surface area contributed by atoms with Crippen molar-refractivity contribution >= 4 is 6.34 Å². The van der Waals surface area contributed by atoms with Crippen LogP contribution in [0.25, 0.3) is 0 Å². The number of fused-ring (bicyclic) bond motifs is 1. The van der Waals surface area contributed by atoms with Crippen LogP contribution in [0.4, 0.5) is 0 Å². The summed E-state index contributed by atoms with van der Waals surface area (Å²) in [5.41, 5.74) is 5.80. The van der Waals surface area contributed by atoms with E-state index in [4.69, 9.17) is 5.73 Å². The van der Waals surface area contributed by atoms with Crippen molar-refractivity contribution in [3.05, 3.63) is 0 Å². The van der Waals surface area contributed by atoms with Gasteiger partial charge in [-0.1, -0.05) is 0 Å². The van der Waals surface area contributed by atoms with Crippen LogP contribution >= 0.6 is 0 Å². The first kappa shape index (κ1) is 6.16. The van der Waals surface area contributed by atoms with Gasteiger partial charge in [-0.2, -0.15) is 0 Å². The van der Waals surface area contributed by atoms with E-state index >= 15 is 0 Å². The minimum atomic E-state index is 0.399. The van der Waals surface area contributed by atoms with Gasteiger partial charge in [-0.15, -0.1) is 0 Å². The van der Waals surface area contributed by atoms with Crippen molar-refractivity contribution in [2.45, 2.75) is 37.4 Å². The van der Waals surface area contributed by atoms with Gasteiger partial charge in [0.2, 0.25) is 0 Å². The first-order valence-electron chi connectivity index (χ1n) is 3.89. The number of hydrogen-bond donors (Lipinski definition) is 2. The van der Waals surface area contributed by atoms with E-state index < -0.39 is 0 Å². The minimum absolute atomic E-state index is 0.399. The van der Waals surface area contributed by atoms with Crippen molar-refractivity contribution in [2.75, 3.05) is 0 Å². The summed E-state index contributed by atoms with van der Waals surface area (Å²) in [6, 6.07) is 1.47. The van der Waals surface area contributed by atoms with Crippen molar-refractivity contribution in [3.8, 4) is 0 Å². The molecule has 0 aromatic carbocycles. The van der Waals surface area contributed by atoms with Gasteiger partial charge < -0.3 is 11.1 Å². The average Bonchev–Trinajstić information content (AvgIpc) is 2.33. The van der Waals surface area contributed by atoms with Crippen LogP contribution in [0.5, 0.6) is 0 Å². The van der Waals surface area contributed by atoms with E-state index in [9.17, 15) is 0 Å². The second-order valence-corrected chi connectivity index (χ2v) is 3.19. The molecule has 0 saturated heterocycles. The Morgan fingerprint density at radius 2 is 2.40 bits per heavy atom. The molecule has 0 aromatic heterocycles. The number of aliphatic imine (C=N–C) groups is 1. The topological polar surface area (TPSA) is 50.4 Å². The maximum Gasteiger partial charge on any atom is 0.0831 e. The van der Waals surface area contributed by atoms with E-state index in [1.165, 1.54) is 0 Å². The molecule has 0 spiro atoms. The van der Waals surface area contributed by atoms with Crippen LogP contribution in [0.1, 0.15) is 19.3 Å². The summed E-state index contributed by atoms with van der Waals surface area (Å²) in [6.07, 6.45) is 5.22. The Kier molecular flexibility index (Phi) is 1.38. The Labute approximate surface area is 60.7 Å². The van der Waals surface area contributed by atoms with Gasteiger partial charge in [-0.3, -0.25) is 4.99 Å². The van der Waals surface area contributed by atoms with Gasteiger partial charge in [0.15, 0.2) is 0 Å². The second kappa shape index (κ2) is 2.23. The minimum Gasteiger partial charge on any atom is -0.371 e. The molecule has 56 valence electrons. The summed E-state index contributed by atoms with van der Waals surface area (Å²) in [6.45, 7) is 0. The maximum absolute atomic E-state index is 5.80. The van der Waals surface area contributed by atoms with Gasteiger partial charge >= 0.3 is 0 Å². The number of rotatable bonds is 0. The predicted octanol–water partition coefficient (Wildman–Crippen LogP) is -0.134. The molecule has 0 bridgehead atoms. The molecule has 1 heterocycles. The monoisotopic (exact) mass is 139 g/mol. The fraction of sp³-hybridized carbons (Fsp3) is 0.857. The standard InChI is InChI=1S/C7H13N3/c8-5-1-2-6-7(3-5)10-4-9-6/h4-7H,1-3,8H2,(H,9,10). The molecule has 1 fully saturated rings. The fourth-order valence-corrected chi connectivity index (χ4v) is 1.78. The zero-order valence-corrected chi connectivity index (χ0v) is 5.96. The third-order valence-electron chi connectivity index (χ3n) is 2.41. The van der Waals surface area contributed by atoms with Gasteiger partial charge in [0.25, 0.3) is 0 Å². The van der Waals surface area contributed by atoms with Crippen molar-refractivity contribution in [1.29, 1.82) is 0 Å².